The molecule has 4 nitrogen and oxygen atoms in total. The van der Waals surface area contributed by atoms with Crippen molar-refractivity contribution in [2.75, 3.05) is 13.1 Å². The SMILES string of the molecule is CCCCCN(C[C@@]1(O)CC[C@@]2(C)[C@@H](CC[C@@H]3[C@@H]2CC[C@]2(C)C(=O)CC[C@@H]32)C1)C(=O)CCC. The summed E-state index contributed by atoms with van der Waals surface area (Å²) in [5.74, 6) is 3.26. The Kier molecular flexibility index (Phi) is 7.35. The molecule has 0 aliphatic heterocycles. The summed E-state index contributed by atoms with van der Waals surface area (Å²) in [5, 5.41) is 11.8. The van der Waals surface area contributed by atoms with Gasteiger partial charge >= 0.3 is 0 Å². The first-order valence-electron chi connectivity index (χ1n) is 14.2. The van der Waals surface area contributed by atoms with E-state index in [0.29, 0.717) is 42.4 Å². The molecule has 0 aromatic heterocycles. The van der Waals surface area contributed by atoms with Gasteiger partial charge in [0.05, 0.1) is 5.60 Å². The fourth-order valence-corrected chi connectivity index (χ4v) is 8.81. The highest BCUT2D eigenvalue weighted by atomic mass is 16.3. The number of unbranched alkanes of at least 4 members (excludes halogenated alkanes) is 2. The lowest BCUT2D eigenvalue weighted by atomic mass is 9.44. The third kappa shape index (κ3) is 4.55. The molecular weight excluding hydrogens is 410 g/mol. The number of carbonyl (C=O) groups excluding carboxylic acids is 2. The number of Topliss-reactive ketones (excluding diaryl/α,β-unsaturated/α-hetero) is 1. The van der Waals surface area contributed by atoms with Gasteiger partial charge in [-0.05, 0) is 93.3 Å². The molecule has 4 fully saturated rings. The van der Waals surface area contributed by atoms with Crippen LogP contribution in [-0.2, 0) is 9.59 Å². The van der Waals surface area contributed by atoms with Crippen molar-refractivity contribution in [3.05, 3.63) is 0 Å². The molecular formula is C29H49NO3. The summed E-state index contributed by atoms with van der Waals surface area (Å²) < 4.78 is 0. The van der Waals surface area contributed by atoms with E-state index in [9.17, 15) is 14.7 Å². The quantitative estimate of drug-likeness (QED) is 0.443. The third-order valence-corrected chi connectivity index (χ3v) is 10.9. The highest BCUT2D eigenvalue weighted by Gasteiger charge is 2.61. The molecule has 188 valence electrons. The van der Waals surface area contributed by atoms with Crippen molar-refractivity contribution in [2.24, 2.45) is 34.5 Å². The highest BCUT2D eigenvalue weighted by molar-refractivity contribution is 5.87. The summed E-state index contributed by atoms with van der Waals surface area (Å²) >= 11 is 0. The first-order valence-corrected chi connectivity index (χ1v) is 14.2. The molecule has 4 saturated carbocycles. The van der Waals surface area contributed by atoms with Gasteiger partial charge in [0.15, 0.2) is 0 Å². The van der Waals surface area contributed by atoms with Crippen LogP contribution >= 0.6 is 0 Å². The summed E-state index contributed by atoms with van der Waals surface area (Å²) in [6, 6.07) is 0. The molecule has 1 N–H and O–H groups in total. The van der Waals surface area contributed by atoms with E-state index in [1.807, 2.05) is 4.90 Å². The lowest BCUT2D eigenvalue weighted by Crippen LogP contribution is -2.58. The smallest absolute Gasteiger partial charge is 0.222 e. The Morgan fingerprint density at radius 2 is 1.79 bits per heavy atom. The molecule has 4 rings (SSSR count). The first-order chi connectivity index (χ1) is 15.7. The molecule has 4 aliphatic carbocycles. The van der Waals surface area contributed by atoms with Gasteiger partial charge in [0.1, 0.15) is 5.78 Å². The molecule has 0 aromatic carbocycles. The van der Waals surface area contributed by atoms with Crippen LogP contribution in [0.4, 0.5) is 0 Å². The number of hydrogen-bond donors (Lipinski definition) is 1. The number of fused-ring (bicyclic) bond motifs is 5. The molecule has 0 saturated heterocycles. The summed E-state index contributed by atoms with van der Waals surface area (Å²) in [5.41, 5.74) is -0.514. The zero-order valence-electron chi connectivity index (χ0n) is 21.8. The summed E-state index contributed by atoms with van der Waals surface area (Å²) in [6.45, 7) is 10.3. The standard InChI is InChI=1S/C29H49NO3/c1-5-7-8-18-30(26(32)9-6-2)20-29(33)17-16-27(3)21(19-29)10-11-22-23-12-13-25(31)28(23,4)15-14-24(22)27/h21-24,33H,5-20H2,1-4H3/t21-,22-,23-,24-,27-,28-,29+/m0/s1. The van der Waals surface area contributed by atoms with Crippen molar-refractivity contribution in [1.29, 1.82) is 0 Å². The molecule has 0 radical (unpaired) electrons. The van der Waals surface area contributed by atoms with E-state index in [-0.39, 0.29) is 16.7 Å². The molecule has 0 heterocycles. The molecule has 33 heavy (non-hydrogen) atoms. The fraction of sp³-hybridized carbons (Fsp3) is 0.931. The number of nitrogens with zero attached hydrogens (tertiary/aromatic N) is 1. The predicted octanol–water partition coefficient (Wildman–Crippen LogP) is 6.15. The average molecular weight is 460 g/mol. The van der Waals surface area contributed by atoms with Gasteiger partial charge in [-0.1, -0.05) is 40.5 Å². The molecule has 0 unspecified atom stereocenters. The van der Waals surface area contributed by atoms with Crippen molar-refractivity contribution in [3.8, 4) is 0 Å². The maximum Gasteiger partial charge on any atom is 0.222 e. The number of aliphatic hydroxyl groups is 1. The minimum Gasteiger partial charge on any atom is -0.388 e. The highest BCUT2D eigenvalue weighted by Crippen LogP contribution is 2.66. The van der Waals surface area contributed by atoms with Crippen molar-refractivity contribution < 1.29 is 14.7 Å². The van der Waals surface area contributed by atoms with Gasteiger partial charge in [0.2, 0.25) is 5.91 Å². The van der Waals surface area contributed by atoms with Crippen LogP contribution in [0.5, 0.6) is 0 Å². The summed E-state index contributed by atoms with van der Waals surface area (Å²) in [7, 11) is 0. The van der Waals surface area contributed by atoms with Crippen LogP contribution in [0.3, 0.4) is 0 Å². The molecule has 0 aromatic rings. The predicted molar refractivity (Wildman–Crippen MR) is 133 cm³/mol. The average Bonchev–Trinajstić information content (AvgIpc) is 3.08. The second kappa shape index (κ2) is 9.63. The molecule has 4 aliphatic rings. The van der Waals surface area contributed by atoms with Gasteiger partial charge in [-0.2, -0.15) is 0 Å². The van der Waals surface area contributed by atoms with Crippen LogP contribution in [0.25, 0.3) is 0 Å². The van der Waals surface area contributed by atoms with Gasteiger partial charge in [0.25, 0.3) is 0 Å². The van der Waals surface area contributed by atoms with E-state index >= 15 is 0 Å². The van der Waals surface area contributed by atoms with Gasteiger partial charge in [-0.3, -0.25) is 9.59 Å². The zero-order valence-corrected chi connectivity index (χ0v) is 21.8. The number of ketones is 1. The van der Waals surface area contributed by atoms with E-state index in [0.717, 1.165) is 70.8 Å². The van der Waals surface area contributed by atoms with Crippen molar-refractivity contribution in [1.82, 2.24) is 4.90 Å². The minimum absolute atomic E-state index is 0.0571. The maximum atomic E-state index is 12.8. The first kappa shape index (κ1) is 25.2. The topological polar surface area (TPSA) is 57.6 Å². The summed E-state index contributed by atoms with van der Waals surface area (Å²) in [6.07, 6.45) is 14.1. The lowest BCUT2D eigenvalue weighted by Gasteiger charge is -2.61. The Bertz CT molecular complexity index is 736. The molecule has 1 amide bonds. The van der Waals surface area contributed by atoms with E-state index in [1.165, 1.54) is 19.3 Å². The number of carbonyl (C=O) groups is 2. The Morgan fingerprint density at radius 1 is 1.00 bits per heavy atom. The van der Waals surface area contributed by atoms with E-state index in [1.54, 1.807) is 0 Å². The number of hydrogen-bond acceptors (Lipinski definition) is 3. The van der Waals surface area contributed by atoms with Gasteiger partial charge < -0.3 is 10.0 Å². The molecule has 4 heteroatoms. The van der Waals surface area contributed by atoms with Crippen LogP contribution in [0.2, 0.25) is 0 Å². The normalized spacial score (nSPS) is 42.4. The van der Waals surface area contributed by atoms with Gasteiger partial charge in [-0.15, -0.1) is 0 Å². The molecule has 0 bridgehead atoms. The largest absolute Gasteiger partial charge is 0.388 e. The maximum absolute atomic E-state index is 12.8. The lowest BCUT2D eigenvalue weighted by molar-refractivity contribution is -0.161. The van der Waals surface area contributed by atoms with Crippen LogP contribution in [-0.4, -0.2) is 40.4 Å². The van der Waals surface area contributed by atoms with E-state index in [4.69, 9.17) is 0 Å². The second-order valence-electron chi connectivity index (χ2n) is 12.8. The monoisotopic (exact) mass is 459 g/mol. The van der Waals surface area contributed by atoms with Crippen LogP contribution in [0.15, 0.2) is 0 Å². The number of rotatable bonds is 8. The van der Waals surface area contributed by atoms with Crippen molar-refractivity contribution in [2.45, 2.75) is 123 Å². The van der Waals surface area contributed by atoms with Crippen LogP contribution < -0.4 is 0 Å². The molecule has 7 atom stereocenters. The van der Waals surface area contributed by atoms with E-state index < -0.39 is 5.60 Å². The Hall–Kier alpha value is -0.900. The zero-order chi connectivity index (χ0) is 23.9. The van der Waals surface area contributed by atoms with Crippen molar-refractivity contribution >= 4 is 11.7 Å². The van der Waals surface area contributed by atoms with Crippen LogP contribution in [0, 0.1) is 34.5 Å². The van der Waals surface area contributed by atoms with Crippen molar-refractivity contribution in [3.63, 3.8) is 0 Å². The second-order valence-corrected chi connectivity index (χ2v) is 12.8. The fourth-order valence-electron chi connectivity index (χ4n) is 8.81. The summed E-state index contributed by atoms with van der Waals surface area (Å²) in [4.78, 5) is 27.5. The Labute approximate surface area is 202 Å². The minimum atomic E-state index is -0.737. The Balaban J connectivity index is 1.45. The Morgan fingerprint density at radius 3 is 2.52 bits per heavy atom. The van der Waals surface area contributed by atoms with Crippen LogP contribution in [0.1, 0.15) is 118 Å². The number of amides is 1. The van der Waals surface area contributed by atoms with Gasteiger partial charge in [-0.25, -0.2) is 0 Å². The van der Waals surface area contributed by atoms with Gasteiger partial charge in [0, 0.05) is 31.3 Å². The third-order valence-electron chi connectivity index (χ3n) is 10.9. The molecule has 0 spiro atoms. The van der Waals surface area contributed by atoms with E-state index in [2.05, 4.69) is 27.7 Å².